The quantitative estimate of drug-likeness (QED) is 0.444. The SMILES string of the molecule is CCOC(=O)[C@]12C(=O)N3[C@@H](c4ccccc4)OC[C@@H]3[C@H]1C2(c1ccccc1)c1ccccc1. The molecule has 2 aliphatic heterocycles. The molecule has 6 rings (SSSR count). The highest BCUT2D eigenvalue weighted by molar-refractivity contribution is 6.13. The van der Waals surface area contributed by atoms with Crippen molar-refractivity contribution in [3.05, 3.63) is 108 Å². The van der Waals surface area contributed by atoms with Gasteiger partial charge in [0.2, 0.25) is 5.91 Å². The fourth-order valence-electron chi connectivity index (χ4n) is 6.50. The molecule has 3 aliphatic rings. The number of hydrogen-bond acceptors (Lipinski definition) is 4. The minimum absolute atomic E-state index is 0.199. The standard InChI is InChI=1S/C28H25NO4/c1-2-32-26(31)28-23(22-18-33-24(29(22)25(28)30)19-12-6-3-7-13-19)27(28,20-14-8-4-9-15-20)21-16-10-5-11-17-21/h3-17,22-24H,2,18H2,1H3/t22-,23+,24-,28-/m1/s1. The minimum atomic E-state index is -1.30. The first-order valence-electron chi connectivity index (χ1n) is 11.5. The molecular formula is C28H25NO4. The van der Waals surface area contributed by atoms with Crippen LogP contribution in [0.4, 0.5) is 0 Å². The van der Waals surface area contributed by atoms with Gasteiger partial charge in [-0.05, 0) is 18.1 Å². The number of amides is 1. The summed E-state index contributed by atoms with van der Waals surface area (Å²) in [5.74, 6) is -0.904. The maximum absolute atomic E-state index is 14.4. The molecule has 2 saturated heterocycles. The summed E-state index contributed by atoms with van der Waals surface area (Å²) in [4.78, 5) is 29.9. The summed E-state index contributed by atoms with van der Waals surface area (Å²) in [6.45, 7) is 2.40. The number of hydrogen-bond donors (Lipinski definition) is 0. The molecule has 1 aliphatic carbocycles. The van der Waals surface area contributed by atoms with Crippen molar-refractivity contribution in [1.82, 2.24) is 4.90 Å². The summed E-state index contributed by atoms with van der Waals surface area (Å²) in [6, 6.07) is 29.4. The van der Waals surface area contributed by atoms with Crippen LogP contribution in [0.25, 0.3) is 0 Å². The second kappa shape index (κ2) is 7.29. The highest BCUT2D eigenvalue weighted by atomic mass is 16.5. The number of piperidine rings is 1. The number of esters is 1. The van der Waals surface area contributed by atoms with Crippen LogP contribution in [0.1, 0.15) is 29.8 Å². The van der Waals surface area contributed by atoms with Gasteiger partial charge in [-0.15, -0.1) is 0 Å². The van der Waals surface area contributed by atoms with Crippen LogP contribution < -0.4 is 0 Å². The molecule has 3 aromatic carbocycles. The molecule has 33 heavy (non-hydrogen) atoms. The van der Waals surface area contributed by atoms with Crippen LogP contribution in [0.15, 0.2) is 91.0 Å². The third-order valence-corrected chi connectivity index (χ3v) is 7.60. The predicted octanol–water partition coefficient (Wildman–Crippen LogP) is 4.09. The smallest absolute Gasteiger partial charge is 0.323 e. The molecule has 0 radical (unpaired) electrons. The zero-order chi connectivity index (χ0) is 22.6. The molecule has 5 heteroatoms. The molecular weight excluding hydrogens is 414 g/mol. The van der Waals surface area contributed by atoms with Crippen molar-refractivity contribution in [1.29, 1.82) is 0 Å². The van der Waals surface area contributed by atoms with Crippen LogP contribution in [-0.4, -0.2) is 36.0 Å². The van der Waals surface area contributed by atoms with Gasteiger partial charge in [0.05, 0.1) is 24.7 Å². The Kier molecular flexibility index (Phi) is 4.46. The minimum Gasteiger partial charge on any atom is -0.465 e. The van der Waals surface area contributed by atoms with Crippen molar-refractivity contribution in [2.24, 2.45) is 11.3 Å². The predicted molar refractivity (Wildman–Crippen MR) is 122 cm³/mol. The van der Waals surface area contributed by atoms with Gasteiger partial charge in [0.25, 0.3) is 0 Å². The van der Waals surface area contributed by atoms with Gasteiger partial charge in [0.15, 0.2) is 11.6 Å². The Morgan fingerprint density at radius 2 is 1.48 bits per heavy atom. The second-order valence-electron chi connectivity index (χ2n) is 8.92. The van der Waals surface area contributed by atoms with Gasteiger partial charge >= 0.3 is 5.97 Å². The number of fused-ring (bicyclic) bond motifs is 3. The largest absolute Gasteiger partial charge is 0.465 e. The van der Waals surface area contributed by atoms with Crippen LogP contribution in [0.2, 0.25) is 0 Å². The molecule has 5 nitrogen and oxygen atoms in total. The van der Waals surface area contributed by atoms with E-state index in [2.05, 4.69) is 0 Å². The molecule has 0 bridgehead atoms. The van der Waals surface area contributed by atoms with Gasteiger partial charge < -0.3 is 14.4 Å². The van der Waals surface area contributed by atoms with E-state index in [0.717, 1.165) is 16.7 Å². The topological polar surface area (TPSA) is 55.8 Å². The highest BCUT2D eigenvalue weighted by Gasteiger charge is 2.93. The average molecular weight is 440 g/mol. The molecule has 0 spiro atoms. The molecule has 0 N–H and O–H groups in total. The number of nitrogens with zero attached hydrogens (tertiary/aromatic N) is 1. The Bertz CT molecular complexity index is 1160. The Balaban J connectivity index is 1.55. The lowest BCUT2D eigenvalue weighted by Crippen LogP contribution is -2.46. The molecule has 4 atom stereocenters. The molecule has 166 valence electrons. The van der Waals surface area contributed by atoms with Gasteiger partial charge in [-0.2, -0.15) is 0 Å². The van der Waals surface area contributed by atoms with E-state index < -0.39 is 23.0 Å². The van der Waals surface area contributed by atoms with E-state index in [4.69, 9.17) is 9.47 Å². The molecule has 0 unspecified atom stereocenters. The van der Waals surface area contributed by atoms with E-state index in [9.17, 15) is 9.59 Å². The lowest BCUT2D eigenvalue weighted by Gasteiger charge is -2.33. The summed E-state index contributed by atoms with van der Waals surface area (Å²) in [5, 5.41) is 0. The van der Waals surface area contributed by atoms with Gasteiger partial charge in [-0.3, -0.25) is 9.59 Å². The van der Waals surface area contributed by atoms with Crippen molar-refractivity contribution in [2.75, 3.05) is 13.2 Å². The maximum atomic E-state index is 14.4. The van der Waals surface area contributed by atoms with E-state index in [1.165, 1.54) is 0 Å². The molecule has 1 amide bonds. The normalized spacial score (nSPS) is 28.8. The summed E-state index contributed by atoms with van der Waals surface area (Å²) >= 11 is 0. The highest BCUT2D eigenvalue weighted by Crippen LogP contribution is 2.79. The number of benzene rings is 3. The Morgan fingerprint density at radius 3 is 2.03 bits per heavy atom. The molecule has 1 saturated carbocycles. The summed E-state index contributed by atoms with van der Waals surface area (Å²) in [7, 11) is 0. The van der Waals surface area contributed by atoms with Crippen molar-refractivity contribution >= 4 is 11.9 Å². The van der Waals surface area contributed by atoms with Crippen molar-refractivity contribution in [3.8, 4) is 0 Å². The Hall–Kier alpha value is -3.44. The first-order valence-corrected chi connectivity index (χ1v) is 11.5. The summed E-state index contributed by atoms with van der Waals surface area (Å²) < 4.78 is 11.8. The molecule has 0 aromatic heterocycles. The molecule has 2 heterocycles. The fraction of sp³-hybridized carbons (Fsp3) is 0.286. The summed E-state index contributed by atoms with van der Waals surface area (Å²) in [6.07, 6.45) is -0.493. The van der Waals surface area contributed by atoms with Gasteiger partial charge in [-0.1, -0.05) is 91.0 Å². The van der Waals surface area contributed by atoms with Crippen molar-refractivity contribution < 1.29 is 19.1 Å². The van der Waals surface area contributed by atoms with Crippen LogP contribution in [0, 0.1) is 11.3 Å². The zero-order valence-electron chi connectivity index (χ0n) is 18.4. The zero-order valence-corrected chi connectivity index (χ0v) is 18.4. The van der Waals surface area contributed by atoms with Crippen LogP contribution in [0.5, 0.6) is 0 Å². The number of carbonyl (C=O) groups is 2. The van der Waals surface area contributed by atoms with Crippen LogP contribution in [-0.2, 0) is 24.5 Å². The van der Waals surface area contributed by atoms with E-state index >= 15 is 0 Å². The van der Waals surface area contributed by atoms with Crippen molar-refractivity contribution in [3.63, 3.8) is 0 Å². The Labute approximate surface area is 192 Å². The summed E-state index contributed by atoms with van der Waals surface area (Å²) in [5.41, 5.74) is 0.761. The average Bonchev–Trinajstić information content (AvgIpc) is 3.14. The van der Waals surface area contributed by atoms with E-state index in [-0.39, 0.29) is 24.5 Å². The third-order valence-electron chi connectivity index (χ3n) is 7.60. The van der Waals surface area contributed by atoms with E-state index in [0.29, 0.717) is 6.61 Å². The fourth-order valence-corrected chi connectivity index (χ4v) is 6.50. The van der Waals surface area contributed by atoms with E-state index in [1.807, 2.05) is 91.0 Å². The number of ether oxygens (including phenoxy) is 2. The van der Waals surface area contributed by atoms with Crippen LogP contribution >= 0.6 is 0 Å². The molecule has 3 fully saturated rings. The van der Waals surface area contributed by atoms with E-state index in [1.54, 1.807) is 11.8 Å². The van der Waals surface area contributed by atoms with Gasteiger partial charge in [0.1, 0.15) is 0 Å². The van der Waals surface area contributed by atoms with Crippen molar-refractivity contribution in [2.45, 2.75) is 24.6 Å². The third kappa shape index (κ3) is 2.40. The maximum Gasteiger partial charge on any atom is 0.323 e. The number of carbonyl (C=O) groups excluding carboxylic acids is 2. The molecule has 3 aromatic rings. The Morgan fingerprint density at radius 1 is 0.939 bits per heavy atom. The van der Waals surface area contributed by atoms with Gasteiger partial charge in [0, 0.05) is 11.5 Å². The second-order valence-corrected chi connectivity index (χ2v) is 8.92. The van der Waals surface area contributed by atoms with Crippen LogP contribution in [0.3, 0.4) is 0 Å². The number of rotatable bonds is 5. The van der Waals surface area contributed by atoms with Gasteiger partial charge in [-0.25, -0.2) is 0 Å². The lowest BCUT2D eigenvalue weighted by molar-refractivity contribution is -0.159. The lowest BCUT2D eigenvalue weighted by atomic mass is 9.78. The first-order chi connectivity index (χ1) is 16.2. The monoisotopic (exact) mass is 439 g/mol. The first kappa shape index (κ1) is 20.2.